The molecular formula is C58H111NO8Si4. The molecule has 2 fully saturated rings. The summed E-state index contributed by atoms with van der Waals surface area (Å²) in [5.41, 5.74) is 2.41. The van der Waals surface area contributed by atoms with Crippen molar-refractivity contribution in [3.8, 4) is 6.07 Å². The second-order valence-electron chi connectivity index (χ2n) is 28.6. The molecule has 2 aliphatic rings. The molecule has 412 valence electrons. The third-order valence-corrected chi connectivity index (χ3v) is 36.7. The number of aliphatic hydroxyl groups excluding tert-OH is 1. The topological polar surface area (TPSA) is 109 Å². The molecular weight excluding hydrogens is 951 g/mol. The molecule has 0 aromatic rings. The van der Waals surface area contributed by atoms with E-state index in [0.717, 1.165) is 11.1 Å². The second kappa shape index (κ2) is 24.1. The number of ether oxygens (including phenoxy) is 3. The lowest BCUT2D eigenvalue weighted by molar-refractivity contribution is -0.335. The van der Waals surface area contributed by atoms with Crippen LogP contribution in [0.5, 0.6) is 0 Å². The van der Waals surface area contributed by atoms with E-state index in [9.17, 15) is 5.11 Å². The summed E-state index contributed by atoms with van der Waals surface area (Å²) in [5.74, 6) is -1.11. The van der Waals surface area contributed by atoms with E-state index in [0.29, 0.717) is 25.9 Å². The second-order valence-corrected chi connectivity index (χ2v) is 47.7. The van der Waals surface area contributed by atoms with Gasteiger partial charge in [0.05, 0.1) is 42.7 Å². The first-order valence-electron chi connectivity index (χ1n) is 27.1. The van der Waals surface area contributed by atoms with Crippen molar-refractivity contribution >= 4 is 33.3 Å². The van der Waals surface area contributed by atoms with E-state index in [-0.39, 0.29) is 62.3 Å². The number of aliphatic hydroxyl groups is 1. The predicted molar refractivity (Wildman–Crippen MR) is 310 cm³/mol. The Bertz CT molecular complexity index is 1900. The summed E-state index contributed by atoms with van der Waals surface area (Å²) in [6.45, 7) is 64.0. The van der Waals surface area contributed by atoms with Gasteiger partial charge in [-0.1, -0.05) is 148 Å². The molecule has 0 unspecified atom stereocenters. The zero-order valence-electron chi connectivity index (χ0n) is 51.2. The highest BCUT2D eigenvalue weighted by atomic mass is 28.4. The highest BCUT2D eigenvalue weighted by Gasteiger charge is 2.67. The lowest BCUT2D eigenvalue weighted by atomic mass is 9.72. The first kappa shape index (κ1) is 66.1. The van der Waals surface area contributed by atoms with E-state index in [1.165, 1.54) is 5.57 Å². The molecule has 0 bridgehead atoms. The molecule has 1 spiro atoms. The average molecular weight is 1060 g/mol. The number of hydrogen-bond donors (Lipinski definition) is 1. The van der Waals surface area contributed by atoms with Gasteiger partial charge in [-0.3, -0.25) is 0 Å². The monoisotopic (exact) mass is 1060 g/mol. The summed E-state index contributed by atoms with van der Waals surface area (Å²) >= 11 is 0. The summed E-state index contributed by atoms with van der Waals surface area (Å²) in [7, 11) is -7.24. The van der Waals surface area contributed by atoms with Gasteiger partial charge in [-0.05, 0) is 117 Å². The zero-order valence-corrected chi connectivity index (χ0v) is 55.2. The van der Waals surface area contributed by atoms with Crippen LogP contribution >= 0.6 is 0 Å². The van der Waals surface area contributed by atoms with Crippen LogP contribution in [-0.4, -0.2) is 101 Å². The van der Waals surface area contributed by atoms with Gasteiger partial charge in [-0.15, -0.1) is 0 Å². The summed E-state index contributed by atoms with van der Waals surface area (Å²) in [4.78, 5) is 0. The van der Waals surface area contributed by atoms with E-state index < -0.39 is 62.8 Å². The van der Waals surface area contributed by atoms with Crippen LogP contribution in [0.1, 0.15) is 158 Å². The molecule has 2 saturated heterocycles. The molecule has 2 heterocycles. The predicted octanol–water partition coefficient (Wildman–Crippen LogP) is 16.1. The van der Waals surface area contributed by atoms with Crippen molar-refractivity contribution in [2.75, 3.05) is 13.7 Å². The standard InChI is InChI=1S/C58H111NO8Si4/c1-40(33-35-59)31-30-32-41(2)42(3)37-43(4)50(67-71(28,29)56(16,17)18)45(6)47(65-69(24,25)54(10,11)12)38-48(61-21)51-52(60)57(19,20)58(64-51)39-49(66-70(26,27)55(13,14)15)44(5)46(63-58)34-36-62-68(22,23)53(7,8)9/h30-33,37,43-52,60H,34,36,38-39H2,1-29H3/b31-30+,40-33-,41-32+,42-37+/t43-,44-,45+,46+,47+,48+,49-,50-,51-,52+,58-/m0/s1. The van der Waals surface area contributed by atoms with E-state index in [4.69, 9.17) is 37.2 Å². The summed E-state index contributed by atoms with van der Waals surface area (Å²) in [5, 5.41) is 21.9. The minimum atomic E-state index is -2.40. The Morgan fingerprint density at radius 3 is 1.76 bits per heavy atom. The SMILES string of the molecule is CO[C@H](C[C@@H](O[Si](C)(C)C(C)(C)C)[C@@H](C)[C@@H](O[Si](C)(C)C(C)(C)C)[C@@H](C)/C=C(C)/C(C)=C/C=C/C(C)=C\C#N)[C@@H]1O[C@@]2(C[C@H](O[Si](C)(C)C(C)(C)C)[C@@H](C)[C@@H](CCO[Si](C)(C)C(C)(C)C)O2)C(C)(C)[C@@H]1O. The van der Waals surface area contributed by atoms with Gasteiger partial charge >= 0.3 is 0 Å². The maximum absolute atomic E-state index is 12.8. The quantitative estimate of drug-likeness (QED) is 0.0683. The number of methoxy groups -OCH3 is 1. The highest BCUT2D eigenvalue weighted by Crippen LogP contribution is 2.56. The van der Waals surface area contributed by atoms with Crippen molar-refractivity contribution < 1.29 is 37.0 Å². The first-order chi connectivity index (χ1) is 31.8. The van der Waals surface area contributed by atoms with Gasteiger partial charge in [-0.25, -0.2) is 0 Å². The fraction of sp³-hybridized carbons (Fsp3) is 0.845. The third kappa shape index (κ3) is 16.3. The van der Waals surface area contributed by atoms with Gasteiger partial charge in [0.15, 0.2) is 39.1 Å². The molecule has 9 nitrogen and oxygen atoms in total. The van der Waals surface area contributed by atoms with Gasteiger partial charge in [0.1, 0.15) is 6.10 Å². The molecule has 71 heavy (non-hydrogen) atoms. The van der Waals surface area contributed by atoms with Crippen molar-refractivity contribution in [3.05, 3.63) is 47.1 Å². The van der Waals surface area contributed by atoms with Crippen molar-refractivity contribution in [1.29, 1.82) is 5.26 Å². The maximum atomic E-state index is 12.8. The van der Waals surface area contributed by atoms with E-state index in [1.807, 2.05) is 19.1 Å². The number of hydrogen-bond acceptors (Lipinski definition) is 9. The van der Waals surface area contributed by atoms with Crippen molar-refractivity contribution in [1.82, 2.24) is 0 Å². The van der Waals surface area contributed by atoms with Crippen molar-refractivity contribution in [3.63, 3.8) is 0 Å². The summed E-state index contributed by atoms with van der Waals surface area (Å²) < 4.78 is 50.8. The van der Waals surface area contributed by atoms with E-state index >= 15 is 0 Å². The van der Waals surface area contributed by atoms with Crippen LogP contribution < -0.4 is 0 Å². The molecule has 1 N–H and O–H groups in total. The van der Waals surface area contributed by atoms with Crippen LogP contribution in [0.25, 0.3) is 0 Å². The number of allylic oxidation sites excluding steroid dienone is 7. The smallest absolute Gasteiger partial charge is 0.192 e. The van der Waals surface area contributed by atoms with Crippen LogP contribution in [-0.2, 0) is 31.9 Å². The average Bonchev–Trinajstić information content (AvgIpc) is 3.37. The molecule has 2 aliphatic heterocycles. The molecule has 0 amide bonds. The first-order valence-corrected chi connectivity index (χ1v) is 38.7. The Kier molecular flexibility index (Phi) is 22.5. The lowest BCUT2D eigenvalue weighted by Crippen LogP contribution is -2.60. The largest absolute Gasteiger partial charge is 0.417 e. The lowest BCUT2D eigenvalue weighted by Gasteiger charge is -2.53. The summed E-state index contributed by atoms with van der Waals surface area (Å²) in [6.07, 6.45) is 8.71. The molecule has 2 rings (SSSR count). The Hall–Kier alpha value is -1.00. The van der Waals surface area contributed by atoms with Gasteiger partial charge in [0.2, 0.25) is 0 Å². The maximum Gasteiger partial charge on any atom is 0.192 e. The van der Waals surface area contributed by atoms with Gasteiger partial charge in [0, 0.05) is 49.9 Å². The number of nitrogens with zero attached hydrogens (tertiary/aromatic N) is 1. The van der Waals surface area contributed by atoms with Crippen LogP contribution in [0.2, 0.25) is 72.5 Å². The minimum absolute atomic E-state index is 0.00520. The molecule has 0 aliphatic carbocycles. The summed E-state index contributed by atoms with van der Waals surface area (Å²) in [6, 6.07) is 2.11. The molecule has 13 heteroatoms. The minimum Gasteiger partial charge on any atom is -0.417 e. The zero-order chi connectivity index (χ0) is 55.5. The molecule has 0 aromatic carbocycles. The van der Waals surface area contributed by atoms with Gasteiger partial charge < -0.3 is 37.0 Å². The number of rotatable bonds is 21. The van der Waals surface area contributed by atoms with Crippen LogP contribution in [0.3, 0.4) is 0 Å². The molecule has 0 radical (unpaired) electrons. The molecule has 0 saturated carbocycles. The van der Waals surface area contributed by atoms with Gasteiger partial charge in [0.25, 0.3) is 0 Å². The van der Waals surface area contributed by atoms with Crippen LogP contribution in [0.4, 0.5) is 0 Å². The molecule has 11 atom stereocenters. The van der Waals surface area contributed by atoms with Gasteiger partial charge in [-0.2, -0.15) is 5.26 Å². The van der Waals surface area contributed by atoms with E-state index in [2.05, 4.69) is 202 Å². The third-order valence-electron chi connectivity index (χ3n) is 18.6. The Balaban J connectivity index is 2.82. The fourth-order valence-corrected chi connectivity index (χ4v) is 14.1. The Morgan fingerprint density at radius 1 is 0.775 bits per heavy atom. The van der Waals surface area contributed by atoms with Crippen molar-refractivity contribution in [2.24, 2.45) is 23.2 Å². The van der Waals surface area contributed by atoms with E-state index in [1.54, 1.807) is 13.2 Å². The fourth-order valence-electron chi connectivity index (χ4n) is 8.79. The Labute approximate surface area is 442 Å². The van der Waals surface area contributed by atoms with Crippen LogP contribution in [0, 0.1) is 34.5 Å². The normalized spacial score (nSPS) is 27.2. The highest BCUT2D eigenvalue weighted by molar-refractivity contribution is 6.75. The Morgan fingerprint density at radius 2 is 1.28 bits per heavy atom. The van der Waals surface area contributed by atoms with Crippen LogP contribution in [0.15, 0.2) is 47.1 Å². The number of nitriles is 1. The molecule has 0 aromatic heterocycles. The van der Waals surface area contributed by atoms with Crippen molar-refractivity contribution in [2.45, 2.75) is 279 Å².